The molecule has 0 bridgehead atoms. The number of sulfone groups is 2. The lowest BCUT2D eigenvalue weighted by molar-refractivity contribution is 0.600. The van der Waals surface area contributed by atoms with Gasteiger partial charge < -0.3 is 5.73 Å². The average Bonchev–Trinajstić information content (AvgIpc) is 2.89. The molecule has 0 radical (unpaired) electrons. The summed E-state index contributed by atoms with van der Waals surface area (Å²) in [5.74, 6) is -0.00983. The molecule has 148 valence electrons. The van der Waals surface area contributed by atoms with E-state index in [1.807, 2.05) is 0 Å². The van der Waals surface area contributed by atoms with Crippen LogP contribution >= 0.6 is 0 Å². The number of nitrogens with two attached hydrogens (primary N) is 1. The van der Waals surface area contributed by atoms with Crippen molar-refractivity contribution < 1.29 is 16.8 Å². The summed E-state index contributed by atoms with van der Waals surface area (Å²) in [5.41, 5.74) is 9.60. The second-order valence-electron chi connectivity index (χ2n) is 6.10. The van der Waals surface area contributed by atoms with Crippen molar-refractivity contribution in [3.05, 3.63) is 54.1 Å². The lowest BCUT2D eigenvalue weighted by atomic mass is 10.3. The molecule has 0 aliphatic carbocycles. The Labute approximate surface area is 161 Å². The van der Waals surface area contributed by atoms with E-state index in [4.69, 9.17) is 11.1 Å². The number of nitrogen functional groups attached to an aromatic ring is 1. The molecule has 0 amide bonds. The fraction of sp³-hybridized carbons (Fsp3) is 0.125. The van der Waals surface area contributed by atoms with Gasteiger partial charge in [-0.05, 0) is 48.5 Å². The number of nitrogens with one attached hydrogen (secondary N) is 2. The maximum absolute atomic E-state index is 11.6. The van der Waals surface area contributed by atoms with Crippen LogP contribution in [0, 0.1) is 5.41 Å². The lowest BCUT2D eigenvalue weighted by Gasteiger charge is -2.08. The van der Waals surface area contributed by atoms with Crippen molar-refractivity contribution in [3.8, 4) is 5.69 Å². The summed E-state index contributed by atoms with van der Waals surface area (Å²) in [4.78, 5) is 0.323. The molecule has 0 spiro atoms. The molecule has 1 aromatic heterocycles. The lowest BCUT2D eigenvalue weighted by Crippen LogP contribution is -2.29. The van der Waals surface area contributed by atoms with Crippen molar-refractivity contribution in [1.29, 1.82) is 5.41 Å². The molecule has 3 aromatic rings. The highest BCUT2D eigenvalue weighted by Crippen LogP contribution is 2.15. The van der Waals surface area contributed by atoms with Crippen molar-refractivity contribution in [1.82, 2.24) is 14.5 Å². The van der Waals surface area contributed by atoms with Gasteiger partial charge in [0, 0.05) is 12.5 Å². The largest absolute Gasteiger partial charge is 0.366 e. The minimum absolute atomic E-state index is 0.00983. The van der Waals surface area contributed by atoms with Gasteiger partial charge in [0.15, 0.2) is 19.7 Å². The van der Waals surface area contributed by atoms with Crippen molar-refractivity contribution in [2.24, 2.45) is 0 Å². The zero-order valence-corrected chi connectivity index (χ0v) is 16.6. The first-order valence-electron chi connectivity index (χ1n) is 7.86. The quantitative estimate of drug-likeness (QED) is 0.538. The van der Waals surface area contributed by atoms with Crippen molar-refractivity contribution >= 4 is 31.3 Å². The summed E-state index contributed by atoms with van der Waals surface area (Å²) < 4.78 is 48.6. The molecule has 0 aliphatic heterocycles. The van der Waals surface area contributed by atoms with Gasteiger partial charge in [0.2, 0.25) is 11.6 Å². The van der Waals surface area contributed by atoms with E-state index in [0.717, 1.165) is 12.5 Å². The number of nitrogens with zero attached hydrogens (tertiary/aromatic N) is 3. The van der Waals surface area contributed by atoms with E-state index < -0.39 is 19.7 Å². The number of aromatic nitrogens is 3. The third kappa shape index (κ3) is 3.92. The molecule has 3 rings (SSSR count). The Balaban J connectivity index is 1.93. The molecule has 0 aliphatic rings. The smallest absolute Gasteiger partial charge is 0.246 e. The number of hydrogen-bond donors (Lipinski definition) is 3. The molecule has 0 atom stereocenters. The molecule has 2 aromatic carbocycles. The second-order valence-corrected chi connectivity index (χ2v) is 10.1. The number of benzene rings is 2. The van der Waals surface area contributed by atoms with Gasteiger partial charge in [-0.2, -0.15) is 9.36 Å². The summed E-state index contributed by atoms with van der Waals surface area (Å²) in [6.07, 6.45) is 2.22. The number of rotatable bonds is 5. The molecule has 28 heavy (non-hydrogen) atoms. The molecular weight excluding hydrogens is 404 g/mol. The highest BCUT2D eigenvalue weighted by atomic mass is 32.2. The number of anilines is 2. The molecule has 0 saturated heterocycles. The Morgan fingerprint density at radius 3 is 1.82 bits per heavy atom. The fourth-order valence-corrected chi connectivity index (χ4v) is 3.69. The van der Waals surface area contributed by atoms with E-state index in [9.17, 15) is 16.8 Å². The van der Waals surface area contributed by atoms with Crippen LogP contribution in [0.5, 0.6) is 0 Å². The summed E-state index contributed by atoms with van der Waals surface area (Å²) in [7, 11) is -6.64. The first kappa shape index (κ1) is 19.6. The second kappa shape index (κ2) is 6.80. The van der Waals surface area contributed by atoms with Gasteiger partial charge in [0.1, 0.15) is 0 Å². The van der Waals surface area contributed by atoms with Crippen molar-refractivity contribution in [2.45, 2.75) is 9.79 Å². The first-order valence-corrected chi connectivity index (χ1v) is 11.6. The maximum Gasteiger partial charge on any atom is 0.246 e. The minimum Gasteiger partial charge on any atom is -0.366 e. The van der Waals surface area contributed by atoms with E-state index in [-0.39, 0.29) is 21.4 Å². The SMILES string of the molecule is CS(=O)(=O)c1ccc(Nn2c(N)nn(-c3ccc(S(C)(=O)=O)cc3)c2=N)cc1. The Kier molecular flexibility index (Phi) is 4.77. The molecule has 0 fully saturated rings. The van der Waals surface area contributed by atoms with Crippen LogP contribution in [0.3, 0.4) is 0 Å². The first-order chi connectivity index (χ1) is 13.0. The van der Waals surface area contributed by atoms with E-state index in [0.29, 0.717) is 11.4 Å². The number of hydrogen-bond acceptors (Lipinski definition) is 8. The van der Waals surface area contributed by atoms with Gasteiger partial charge in [-0.3, -0.25) is 10.8 Å². The van der Waals surface area contributed by atoms with Crippen LogP contribution in [0.15, 0.2) is 58.3 Å². The zero-order chi connectivity index (χ0) is 20.7. The summed E-state index contributed by atoms with van der Waals surface area (Å²) >= 11 is 0. The summed E-state index contributed by atoms with van der Waals surface area (Å²) in [5, 5.41) is 12.4. The van der Waals surface area contributed by atoms with Gasteiger partial charge in [-0.15, -0.1) is 5.10 Å². The van der Waals surface area contributed by atoms with Crippen molar-refractivity contribution in [2.75, 3.05) is 23.7 Å². The zero-order valence-electron chi connectivity index (χ0n) is 15.0. The van der Waals surface area contributed by atoms with Crippen LogP contribution in [0.1, 0.15) is 0 Å². The predicted molar refractivity (Wildman–Crippen MR) is 104 cm³/mol. The Morgan fingerprint density at radius 2 is 1.36 bits per heavy atom. The summed E-state index contributed by atoms with van der Waals surface area (Å²) in [6.45, 7) is 0. The molecule has 10 nitrogen and oxygen atoms in total. The van der Waals surface area contributed by atoms with E-state index >= 15 is 0 Å². The normalized spacial score (nSPS) is 12.1. The molecule has 0 unspecified atom stereocenters. The minimum atomic E-state index is -3.33. The molecule has 0 saturated carbocycles. The van der Waals surface area contributed by atoms with Crippen LogP contribution < -0.4 is 16.8 Å². The third-order valence-corrected chi connectivity index (χ3v) is 6.13. The highest BCUT2D eigenvalue weighted by Gasteiger charge is 2.13. The maximum atomic E-state index is 11.6. The van der Waals surface area contributed by atoms with Gasteiger partial charge >= 0.3 is 0 Å². The molecular formula is C16H18N6O4S2. The predicted octanol–water partition coefficient (Wildman–Crippen LogP) is 0.418. The summed E-state index contributed by atoms with van der Waals surface area (Å²) in [6, 6.07) is 11.8. The van der Waals surface area contributed by atoms with Crippen LogP contribution in [-0.2, 0) is 19.7 Å². The monoisotopic (exact) mass is 422 g/mol. The van der Waals surface area contributed by atoms with E-state index in [1.165, 1.54) is 45.8 Å². The Morgan fingerprint density at radius 1 is 0.893 bits per heavy atom. The molecule has 1 heterocycles. The van der Waals surface area contributed by atoms with Gasteiger partial charge in [0.05, 0.1) is 21.2 Å². The van der Waals surface area contributed by atoms with Crippen molar-refractivity contribution in [3.63, 3.8) is 0 Å². The molecule has 12 heteroatoms. The Hall–Kier alpha value is -3.12. The third-order valence-electron chi connectivity index (χ3n) is 3.88. The van der Waals surface area contributed by atoms with Crippen LogP contribution in [0.25, 0.3) is 5.69 Å². The van der Waals surface area contributed by atoms with E-state index in [1.54, 1.807) is 12.1 Å². The van der Waals surface area contributed by atoms with E-state index in [2.05, 4.69) is 10.5 Å². The van der Waals surface area contributed by atoms with Crippen LogP contribution in [0.4, 0.5) is 11.6 Å². The Bertz CT molecular complexity index is 1290. The standard InChI is InChI=1S/C16H18N6O4S2/c1-27(23,24)13-7-3-11(4-8-13)19-22-15(17)20-21(16(22)18)12-5-9-14(10-6-12)28(2,25)26/h3-10,18-19H,1-2H3,(H2,17,20). The average molecular weight is 422 g/mol. The van der Waals surface area contributed by atoms with Gasteiger partial charge in [-0.1, -0.05) is 0 Å². The highest BCUT2D eigenvalue weighted by molar-refractivity contribution is 7.91. The van der Waals surface area contributed by atoms with Crippen LogP contribution in [0.2, 0.25) is 0 Å². The van der Waals surface area contributed by atoms with Gasteiger partial charge in [0.25, 0.3) is 0 Å². The molecule has 4 N–H and O–H groups in total. The topological polar surface area (TPSA) is 153 Å². The van der Waals surface area contributed by atoms with Crippen LogP contribution in [-0.4, -0.2) is 43.8 Å². The fourth-order valence-electron chi connectivity index (χ4n) is 2.43. The van der Waals surface area contributed by atoms with Gasteiger partial charge in [-0.25, -0.2) is 16.8 Å².